The highest BCUT2D eigenvalue weighted by Crippen LogP contribution is 2.25. The standard InChI is InChI=1S/C16H13ClIN3O4/c17-11-5-9(1-4-14(11)25-8-15(19)23)7-20-21-16(24)10-2-3-12(18)13(22)6-10/h1-7,22H,8H2,(H2,19,23)(H,21,24). The number of benzene rings is 2. The van der Waals surface area contributed by atoms with Gasteiger partial charge in [-0.2, -0.15) is 5.10 Å². The predicted octanol–water partition coefficient (Wildman–Crippen LogP) is 2.28. The molecule has 25 heavy (non-hydrogen) atoms. The zero-order valence-electron chi connectivity index (χ0n) is 12.7. The lowest BCUT2D eigenvalue weighted by molar-refractivity contribution is -0.119. The van der Waals surface area contributed by atoms with Crippen molar-refractivity contribution in [1.29, 1.82) is 0 Å². The Balaban J connectivity index is 1.99. The smallest absolute Gasteiger partial charge is 0.271 e. The summed E-state index contributed by atoms with van der Waals surface area (Å²) in [5.41, 5.74) is 8.24. The number of carbonyl (C=O) groups is 2. The third kappa shape index (κ3) is 5.61. The second-order valence-electron chi connectivity index (χ2n) is 4.81. The fourth-order valence-electron chi connectivity index (χ4n) is 1.75. The molecule has 7 nitrogen and oxygen atoms in total. The lowest BCUT2D eigenvalue weighted by Gasteiger charge is -2.06. The van der Waals surface area contributed by atoms with Crippen LogP contribution in [0.15, 0.2) is 41.5 Å². The van der Waals surface area contributed by atoms with Crippen LogP contribution in [0.3, 0.4) is 0 Å². The molecule has 2 amide bonds. The maximum Gasteiger partial charge on any atom is 0.271 e. The van der Waals surface area contributed by atoms with Crippen LogP contribution in [0, 0.1) is 3.57 Å². The van der Waals surface area contributed by atoms with Crippen molar-refractivity contribution in [2.24, 2.45) is 10.8 Å². The molecule has 0 spiro atoms. The number of carbonyl (C=O) groups excluding carboxylic acids is 2. The molecule has 0 unspecified atom stereocenters. The van der Waals surface area contributed by atoms with Gasteiger partial charge in [-0.3, -0.25) is 9.59 Å². The molecule has 0 aliphatic heterocycles. The minimum absolute atomic E-state index is 0.0237. The highest BCUT2D eigenvalue weighted by Gasteiger charge is 2.07. The monoisotopic (exact) mass is 473 g/mol. The zero-order chi connectivity index (χ0) is 18.4. The number of hydrogen-bond acceptors (Lipinski definition) is 5. The Hall–Kier alpha value is -2.33. The molecule has 0 bridgehead atoms. The van der Waals surface area contributed by atoms with E-state index in [-0.39, 0.29) is 22.9 Å². The Bertz CT molecular complexity index is 842. The molecule has 0 radical (unpaired) electrons. The maximum absolute atomic E-state index is 11.9. The van der Waals surface area contributed by atoms with Crippen LogP contribution < -0.4 is 15.9 Å². The maximum atomic E-state index is 11.9. The number of amides is 2. The Morgan fingerprint density at radius 1 is 1.32 bits per heavy atom. The number of hydrazone groups is 1. The second-order valence-corrected chi connectivity index (χ2v) is 6.38. The number of nitrogens with zero attached hydrogens (tertiary/aromatic N) is 1. The number of nitrogens with one attached hydrogen (secondary N) is 1. The Kier molecular flexibility index (Phi) is 6.59. The van der Waals surface area contributed by atoms with E-state index >= 15 is 0 Å². The van der Waals surface area contributed by atoms with E-state index in [4.69, 9.17) is 22.1 Å². The third-order valence-corrected chi connectivity index (χ3v) is 4.12. The fraction of sp³-hybridized carbons (Fsp3) is 0.0625. The predicted molar refractivity (Wildman–Crippen MR) is 102 cm³/mol. The van der Waals surface area contributed by atoms with Crippen molar-refractivity contribution >= 4 is 52.2 Å². The molecule has 2 aromatic rings. The zero-order valence-corrected chi connectivity index (χ0v) is 15.6. The number of hydrogen-bond donors (Lipinski definition) is 3. The van der Waals surface area contributed by atoms with Crippen LogP contribution in [-0.2, 0) is 4.79 Å². The number of ether oxygens (including phenoxy) is 1. The van der Waals surface area contributed by atoms with Gasteiger partial charge in [-0.15, -0.1) is 0 Å². The van der Waals surface area contributed by atoms with Crippen molar-refractivity contribution in [1.82, 2.24) is 5.43 Å². The van der Waals surface area contributed by atoms with E-state index in [1.165, 1.54) is 12.3 Å². The first-order chi connectivity index (χ1) is 11.9. The average molecular weight is 474 g/mol. The van der Waals surface area contributed by atoms with Gasteiger partial charge in [0.1, 0.15) is 11.5 Å². The van der Waals surface area contributed by atoms with Crippen LogP contribution >= 0.6 is 34.2 Å². The minimum atomic E-state index is -0.606. The summed E-state index contributed by atoms with van der Waals surface area (Å²) in [6.07, 6.45) is 1.40. The number of primary amides is 1. The van der Waals surface area contributed by atoms with Gasteiger partial charge < -0.3 is 15.6 Å². The number of halogens is 2. The van der Waals surface area contributed by atoms with Gasteiger partial charge >= 0.3 is 0 Å². The lowest BCUT2D eigenvalue weighted by Crippen LogP contribution is -2.20. The van der Waals surface area contributed by atoms with Gasteiger partial charge in [0, 0.05) is 5.56 Å². The Morgan fingerprint density at radius 3 is 2.72 bits per heavy atom. The van der Waals surface area contributed by atoms with Gasteiger partial charge in [0.05, 0.1) is 14.8 Å². The van der Waals surface area contributed by atoms with E-state index in [0.29, 0.717) is 14.9 Å². The lowest BCUT2D eigenvalue weighted by atomic mass is 10.2. The first-order valence-corrected chi connectivity index (χ1v) is 8.35. The summed E-state index contributed by atoms with van der Waals surface area (Å²) in [5.74, 6) is -0.729. The largest absolute Gasteiger partial charge is 0.507 e. The summed E-state index contributed by atoms with van der Waals surface area (Å²) in [5, 5.41) is 13.7. The molecule has 130 valence electrons. The summed E-state index contributed by atoms with van der Waals surface area (Å²) >= 11 is 7.98. The molecule has 0 fully saturated rings. The molecule has 9 heteroatoms. The highest BCUT2D eigenvalue weighted by atomic mass is 127. The average Bonchev–Trinajstić information content (AvgIpc) is 2.56. The molecule has 0 saturated heterocycles. The molecule has 0 aliphatic rings. The highest BCUT2D eigenvalue weighted by molar-refractivity contribution is 14.1. The van der Waals surface area contributed by atoms with E-state index in [9.17, 15) is 14.7 Å². The summed E-state index contributed by atoms with van der Waals surface area (Å²) in [6, 6.07) is 9.33. The number of aromatic hydroxyl groups is 1. The number of nitrogens with two attached hydrogens (primary N) is 1. The van der Waals surface area contributed by atoms with Crippen LogP contribution in [0.2, 0.25) is 5.02 Å². The Morgan fingerprint density at radius 2 is 2.08 bits per heavy atom. The van der Waals surface area contributed by atoms with E-state index in [2.05, 4.69) is 10.5 Å². The molecule has 4 N–H and O–H groups in total. The quantitative estimate of drug-likeness (QED) is 0.339. The molecular formula is C16H13ClIN3O4. The van der Waals surface area contributed by atoms with Crippen LogP contribution in [0.4, 0.5) is 0 Å². The summed E-state index contributed by atoms with van der Waals surface area (Å²) in [4.78, 5) is 22.6. The number of phenols is 1. The van der Waals surface area contributed by atoms with E-state index in [1.807, 2.05) is 22.6 Å². The van der Waals surface area contributed by atoms with Crippen LogP contribution in [0.1, 0.15) is 15.9 Å². The molecular weight excluding hydrogens is 461 g/mol. The first kappa shape index (κ1) is 19.0. The molecule has 0 aliphatic carbocycles. The van der Waals surface area contributed by atoms with Gasteiger partial charge in [-0.05, 0) is 64.6 Å². The van der Waals surface area contributed by atoms with Crippen molar-refractivity contribution in [2.45, 2.75) is 0 Å². The van der Waals surface area contributed by atoms with Gasteiger partial charge in [-0.1, -0.05) is 11.6 Å². The van der Waals surface area contributed by atoms with Crippen molar-refractivity contribution in [2.75, 3.05) is 6.61 Å². The van der Waals surface area contributed by atoms with Crippen LogP contribution in [0.5, 0.6) is 11.5 Å². The minimum Gasteiger partial charge on any atom is -0.507 e. The SMILES string of the molecule is NC(=O)COc1ccc(C=NNC(=O)c2ccc(I)c(O)c2)cc1Cl. The van der Waals surface area contributed by atoms with E-state index in [1.54, 1.807) is 30.3 Å². The topological polar surface area (TPSA) is 114 Å². The van der Waals surface area contributed by atoms with Gasteiger partial charge in [0.2, 0.25) is 0 Å². The van der Waals surface area contributed by atoms with Crippen molar-refractivity contribution in [3.8, 4) is 11.5 Å². The van der Waals surface area contributed by atoms with E-state index in [0.717, 1.165) is 0 Å². The second kappa shape index (κ2) is 8.67. The molecule has 2 rings (SSSR count). The molecule has 0 aromatic heterocycles. The molecule has 0 saturated carbocycles. The van der Waals surface area contributed by atoms with Gasteiger partial charge in [0.25, 0.3) is 11.8 Å². The van der Waals surface area contributed by atoms with Gasteiger partial charge in [0.15, 0.2) is 6.61 Å². The molecule has 0 atom stereocenters. The Labute approximate surface area is 161 Å². The fourth-order valence-corrected chi connectivity index (χ4v) is 2.33. The van der Waals surface area contributed by atoms with Crippen LogP contribution in [-0.4, -0.2) is 29.7 Å². The summed E-state index contributed by atoms with van der Waals surface area (Å²) in [7, 11) is 0. The summed E-state index contributed by atoms with van der Waals surface area (Å²) in [6.45, 7) is -0.272. The number of phenolic OH excluding ortho intramolecular Hbond substituents is 1. The summed E-state index contributed by atoms with van der Waals surface area (Å²) < 4.78 is 5.77. The van der Waals surface area contributed by atoms with E-state index < -0.39 is 11.8 Å². The molecule has 2 aromatic carbocycles. The van der Waals surface area contributed by atoms with Crippen molar-refractivity contribution in [3.05, 3.63) is 56.1 Å². The normalized spacial score (nSPS) is 10.6. The first-order valence-electron chi connectivity index (χ1n) is 6.89. The van der Waals surface area contributed by atoms with Crippen LogP contribution in [0.25, 0.3) is 0 Å². The van der Waals surface area contributed by atoms with Gasteiger partial charge in [-0.25, -0.2) is 5.43 Å². The van der Waals surface area contributed by atoms with Crippen molar-refractivity contribution in [3.63, 3.8) is 0 Å². The number of rotatable bonds is 6. The molecule has 0 heterocycles. The van der Waals surface area contributed by atoms with Crippen molar-refractivity contribution < 1.29 is 19.4 Å². The third-order valence-electron chi connectivity index (χ3n) is 2.91.